The van der Waals surface area contributed by atoms with Crippen molar-refractivity contribution in [1.82, 2.24) is 9.62 Å². The normalized spacial score (nSPS) is 12.0. The molecule has 8 heteroatoms. The van der Waals surface area contributed by atoms with Crippen molar-refractivity contribution < 1.29 is 13.2 Å². The summed E-state index contributed by atoms with van der Waals surface area (Å²) < 4.78 is 31.8. The number of hydrogen-bond acceptors (Lipinski definition) is 5. The van der Waals surface area contributed by atoms with E-state index >= 15 is 0 Å². The van der Waals surface area contributed by atoms with Gasteiger partial charge in [0.15, 0.2) is 0 Å². The Balaban J connectivity index is 2.59. The zero-order valence-electron chi connectivity index (χ0n) is 12.3. The summed E-state index contributed by atoms with van der Waals surface area (Å²) in [6, 6.07) is 4.55. The number of methoxy groups -OCH3 is 1. The quantitative estimate of drug-likeness (QED) is 0.692. The first-order chi connectivity index (χ1) is 9.90. The first-order valence-corrected chi connectivity index (χ1v) is 8.42. The molecule has 0 aliphatic rings. The maximum Gasteiger partial charge on any atom is 0.240 e. The van der Waals surface area contributed by atoms with Crippen molar-refractivity contribution in [2.75, 3.05) is 40.4 Å². The number of nitrogens with one attached hydrogen (secondary N) is 1. The fourth-order valence-corrected chi connectivity index (χ4v) is 3.04. The van der Waals surface area contributed by atoms with Crippen LogP contribution in [0.3, 0.4) is 0 Å². The Morgan fingerprint density at radius 3 is 2.67 bits per heavy atom. The van der Waals surface area contributed by atoms with Gasteiger partial charge < -0.3 is 15.4 Å². The summed E-state index contributed by atoms with van der Waals surface area (Å²) in [6.07, 6.45) is 0. The fourth-order valence-electron chi connectivity index (χ4n) is 1.67. The molecule has 0 heterocycles. The van der Waals surface area contributed by atoms with Crippen LogP contribution in [0.2, 0.25) is 5.02 Å². The van der Waals surface area contributed by atoms with Gasteiger partial charge in [0.2, 0.25) is 10.0 Å². The molecule has 0 spiro atoms. The second kappa shape index (κ2) is 8.67. The second-order valence-corrected chi connectivity index (χ2v) is 6.83. The fraction of sp³-hybridized carbons (Fsp3) is 0.538. The molecule has 0 aromatic heterocycles. The van der Waals surface area contributed by atoms with E-state index in [-0.39, 0.29) is 11.4 Å². The number of nitrogens with two attached hydrogens (primary N) is 1. The van der Waals surface area contributed by atoms with Gasteiger partial charge in [-0.25, -0.2) is 13.1 Å². The SMILES string of the molecule is COCCN(C)CCNS(=O)(=O)c1ccc(CN)c(Cl)c1. The molecular formula is C13H22ClN3O3S. The molecule has 0 saturated carbocycles. The monoisotopic (exact) mass is 335 g/mol. The van der Waals surface area contributed by atoms with E-state index in [0.717, 1.165) is 12.1 Å². The number of ether oxygens (including phenoxy) is 1. The highest BCUT2D eigenvalue weighted by molar-refractivity contribution is 7.89. The Kier molecular flexibility index (Phi) is 7.58. The summed E-state index contributed by atoms with van der Waals surface area (Å²) in [4.78, 5) is 2.13. The number of likely N-dealkylation sites (N-methyl/N-ethyl adjacent to an activating group) is 1. The number of nitrogens with zero attached hydrogens (tertiary/aromatic N) is 1. The van der Waals surface area contributed by atoms with E-state index in [2.05, 4.69) is 4.72 Å². The highest BCUT2D eigenvalue weighted by Crippen LogP contribution is 2.20. The van der Waals surface area contributed by atoms with Crippen LogP contribution in [0, 0.1) is 0 Å². The Morgan fingerprint density at radius 1 is 1.38 bits per heavy atom. The van der Waals surface area contributed by atoms with Crippen molar-refractivity contribution in [3.8, 4) is 0 Å². The molecular weight excluding hydrogens is 314 g/mol. The summed E-state index contributed by atoms with van der Waals surface area (Å²) >= 11 is 5.98. The van der Waals surface area contributed by atoms with Crippen LogP contribution in [0.25, 0.3) is 0 Å². The van der Waals surface area contributed by atoms with Gasteiger partial charge in [0.1, 0.15) is 0 Å². The third-order valence-corrected chi connectivity index (χ3v) is 4.83. The van der Waals surface area contributed by atoms with E-state index in [9.17, 15) is 8.42 Å². The van der Waals surface area contributed by atoms with Crippen LogP contribution in [0.15, 0.2) is 23.1 Å². The highest BCUT2D eigenvalue weighted by atomic mass is 35.5. The van der Waals surface area contributed by atoms with Gasteiger partial charge in [-0.15, -0.1) is 0 Å². The largest absolute Gasteiger partial charge is 0.383 e. The molecule has 0 aliphatic carbocycles. The minimum atomic E-state index is -3.56. The van der Waals surface area contributed by atoms with E-state index < -0.39 is 10.0 Å². The van der Waals surface area contributed by atoms with Gasteiger partial charge in [0.05, 0.1) is 11.5 Å². The number of halogens is 1. The van der Waals surface area contributed by atoms with Crippen molar-refractivity contribution in [3.05, 3.63) is 28.8 Å². The maximum atomic E-state index is 12.1. The number of rotatable bonds is 9. The molecule has 0 aliphatic heterocycles. The molecule has 0 saturated heterocycles. The third kappa shape index (κ3) is 5.90. The average molecular weight is 336 g/mol. The molecule has 0 atom stereocenters. The van der Waals surface area contributed by atoms with E-state index in [1.807, 2.05) is 11.9 Å². The van der Waals surface area contributed by atoms with Crippen LogP contribution in [0.5, 0.6) is 0 Å². The topological polar surface area (TPSA) is 84.7 Å². The smallest absolute Gasteiger partial charge is 0.240 e. The van der Waals surface area contributed by atoms with Crippen LogP contribution in [0.1, 0.15) is 5.56 Å². The highest BCUT2D eigenvalue weighted by Gasteiger charge is 2.15. The lowest BCUT2D eigenvalue weighted by molar-refractivity contribution is 0.162. The number of benzene rings is 1. The lowest BCUT2D eigenvalue weighted by atomic mass is 10.2. The summed E-state index contributed by atoms with van der Waals surface area (Å²) in [7, 11) is -0.0239. The maximum absolute atomic E-state index is 12.1. The van der Waals surface area contributed by atoms with Gasteiger partial charge in [-0.05, 0) is 24.7 Å². The summed E-state index contributed by atoms with van der Waals surface area (Å²) in [5, 5.41) is 0.359. The van der Waals surface area contributed by atoms with Gasteiger partial charge in [-0.2, -0.15) is 0 Å². The first kappa shape index (κ1) is 18.3. The van der Waals surface area contributed by atoms with Crippen LogP contribution >= 0.6 is 11.6 Å². The molecule has 0 unspecified atom stereocenters. The summed E-state index contributed by atoms with van der Waals surface area (Å²) in [5.41, 5.74) is 6.22. The molecule has 1 rings (SSSR count). The lowest BCUT2D eigenvalue weighted by Crippen LogP contribution is -2.34. The lowest BCUT2D eigenvalue weighted by Gasteiger charge is -2.16. The van der Waals surface area contributed by atoms with Crippen LogP contribution in [-0.4, -0.2) is 53.7 Å². The minimum absolute atomic E-state index is 0.143. The van der Waals surface area contributed by atoms with Gasteiger partial charge in [0, 0.05) is 38.3 Å². The predicted molar refractivity (Wildman–Crippen MR) is 83.9 cm³/mol. The van der Waals surface area contributed by atoms with Gasteiger partial charge in [0.25, 0.3) is 0 Å². The molecule has 0 bridgehead atoms. The van der Waals surface area contributed by atoms with Crippen LogP contribution < -0.4 is 10.5 Å². The van der Waals surface area contributed by atoms with Crippen molar-refractivity contribution in [2.24, 2.45) is 5.73 Å². The van der Waals surface area contributed by atoms with E-state index in [1.54, 1.807) is 13.2 Å². The second-order valence-electron chi connectivity index (χ2n) is 4.65. The molecule has 3 N–H and O–H groups in total. The van der Waals surface area contributed by atoms with Gasteiger partial charge in [-0.1, -0.05) is 17.7 Å². The predicted octanol–water partition coefficient (Wildman–Crippen LogP) is 0.655. The Labute approximate surface area is 131 Å². The molecule has 1 aromatic rings. The molecule has 120 valence electrons. The summed E-state index contributed by atoms with van der Waals surface area (Å²) in [5.74, 6) is 0. The van der Waals surface area contributed by atoms with E-state index in [4.69, 9.17) is 22.1 Å². The van der Waals surface area contributed by atoms with Gasteiger partial charge in [-0.3, -0.25) is 0 Å². The molecule has 0 radical (unpaired) electrons. The van der Waals surface area contributed by atoms with Crippen molar-refractivity contribution in [3.63, 3.8) is 0 Å². The molecule has 0 amide bonds. The minimum Gasteiger partial charge on any atom is -0.383 e. The Hall–Kier alpha value is -0.700. The zero-order chi connectivity index (χ0) is 15.9. The first-order valence-electron chi connectivity index (χ1n) is 6.56. The summed E-state index contributed by atoms with van der Waals surface area (Å²) in [6.45, 7) is 2.54. The van der Waals surface area contributed by atoms with Crippen LogP contribution in [-0.2, 0) is 21.3 Å². The van der Waals surface area contributed by atoms with Crippen LogP contribution in [0.4, 0.5) is 0 Å². The molecule has 0 fully saturated rings. The standard InChI is InChI=1S/C13H22ClN3O3S/c1-17(7-8-20-2)6-5-16-21(18,19)12-4-3-11(10-15)13(14)9-12/h3-4,9,16H,5-8,10,15H2,1-2H3. The van der Waals surface area contributed by atoms with Crippen molar-refractivity contribution in [1.29, 1.82) is 0 Å². The van der Waals surface area contributed by atoms with Crippen molar-refractivity contribution >= 4 is 21.6 Å². The van der Waals surface area contributed by atoms with Crippen molar-refractivity contribution in [2.45, 2.75) is 11.4 Å². The number of sulfonamides is 1. The molecule has 21 heavy (non-hydrogen) atoms. The average Bonchev–Trinajstić information content (AvgIpc) is 2.44. The molecule has 6 nitrogen and oxygen atoms in total. The number of hydrogen-bond donors (Lipinski definition) is 2. The van der Waals surface area contributed by atoms with E-state index in [0.29, 0.717) is 24.7 Å². The van der Waals surface area contributed by atoms with E-state index in [1.165, 1.54) is 12.1 Å². The third-order valence-electron chi connectivity index (χ3n) is 3.02. The Bertz CT molecular complexity index is 552. The molecule has 1 aromatic carbocycles. The zero-order valence-corrected chi connectivity index (χ0v) is 13.9. The Morgan fingerprint density at radius 2 is 2.10 bits per heavy atom. The van der Waals surface area contributed by atoms with Gasteiger partial charge >= 0.3 is 0 Å².